The van der Waals surface area contributed by atoms with Crippen molar-refractivity contribution in [2.45, 2.75) is 38.5 Å². The molecule has 2 aromatic rings. The van der Waals surface area contributed by atoms with E-state index in [2.05, 4.69) is 15.8 Å². The first-order valence-electron chi connectivity index (χ1n) is 5.89. The topological polar surface area (TPSA) is 42.0 Å². The van der Waals surface area contributed by atoms with E-state index in [1.54, 1.807) is 11.3 Å². The Hall–Kier alpha value is -0.780. The summed E-state index contributed by atoms with van der Waals surface area (Å²) in [6.07, 6.45) is 0. The summed E-state index contributed by atoms with van der Waals surface area (Å²) < 4.78 is 16.1. The van der Waals surface area contributed by atoms with E-state index in [1.165, 1.54) is 4.70 Å². The van der Waals surface area contributed by atoms with Gasteiger partial charge in [-0.25, -0.2) is 13.9 Å². The van der Waals surface area contributed by atoms with Crippen LogP contribution in [0.4, 0.5) is 0 Å². The third kappa shape index (κ3) is 2.96. The van der Waals surface area contributed by atoms with Gasteiger partial charge in [0.25, 0.3) is 0 Å². The molecule has 98 valence electrons. The van der Waals surface area contributed by atoms with Gasteiger partial charge in [-0.2, -0.15) is 0 Å². The zero-order chi connectivity index (χ0) is 13.3. The molecule has 18 heavy (non-hydrogen) atoms. The van der Waals surface area contributed by atoms with Crippen LogP contribution in [0.25, 0.3) is 10.2 Å². The Labute approximate surface area is 114 Å². The molecule has 1 heterocycles. The highest BCUT2D eigenvalue weighted by atomic mass is 32.2. The fourth-order valence-corrected chi connectivity index (χ4v) is 3.08. The fraction of sp³-hybridized carbons (Fsp3) is 0.462. The molecule has 0 spiro atoms. The van der Waals surface area contributed by atoms with Gasteiger partial charge in [0.1, 0.15) is 0 Å². The molecule has 0 aliphatic carbocycles. The Kier molecular flexibility index (Phi) is 3.84. The van der Waals surface area contributed by atoms with Gasteiger partial charge in [-0.1, -0.05) is 6.07 Å². The van der Waals surface area contributed by atoms with E-state index in [0.717, 1.165) is 11.1 Å². The molecule has 5 heteroatoms. The maximum absolute atomic E-state index is 12.1. The average Bonchev–Trinajstić information content (AvgIpc) is 2.74. The number of hydrogen-bond acceptors (Lipinski definition) is 3. The minimum atomic E-state index is -1.05. The maximum Gasteiger partial charge on any atom is 0.0975 e. The highest BCUT2D eigenvalue weighted by molar-refractivity contribution is 7.84. The van der Waals surface area contributed by atoms with Crippen LogP contribution in [0.15, 0.2) is 23.7 Å². The van der Waals surface area contributed by atoms with Crippen molar-refractivity contribution in [1.29, 1.82) is 0 Å². The maximum atomic E-state index is 12.1. The van der Waals surface area contributed by atoms with Crippen LogP contribution >= 0.6 is 11.3 Å². The van der Waals surface area contributed by atoms with E-state index in [0.29, 0.717) is 0 Å². The third-order valence-corrected chi connectivity index (χ3v) is 5.17. The number of hydrogen-bond donors (Lipinski definition) is 1. The second-order valence-corrected chi connectivity index (χ2v) is 8.18. The molecule has 0 fully saturated rings. The predicted octanol–water partition coefficient (Wildman–Crippen LogP) is 3.41. The summed E-state index contributed by atoms with van der Waals surface area (Å²) in [5, 5.41) is 0. The first kappa shape index (κ1) is 13.6. The van der Waals surface area contributed by atoms with Crippen molar-refractivity contribution in [2.24, 2.45) is 0 Å². The monoisotopic (exact) mass is 282 g/mol. The Bertz CT molecular complexity index is 572. The van der Waals surface area contributed by atoms with Crippen LogP contribution in [0, 0.1) is 0 Å². The highest BCUT2D eigenvalue weighted by Gasteiger charge is 2.21. The standard InChI is InChI=1S/C13H18N2OS2/c1-9(15-18(16)13(2,3)4)10-5-6-11-12(7-10)17-8-14-11/h5-9,15H,1-4H3. The lowest BCUT2D eigenvalue weighted by Crippen LogP contribution is -2.34. The van der Waals surface area contributed by atoms with Gasteiger partial charge in [0.15, 0.2) is 0 Å². The number of thiazole rings is 1. The molecule has 3 nitrogen and oxygen atoms in total. The smallest absolute Gasteiger partial charge is 0.0975 e. The summed E-state index contributed by atoms with van der Waals surface area (Å²) in [5.74, 6) is 0. The van der Waals surface area contributed by atoms with Gasteiger partial charge in [-0.05, 0) is 45.4 Å². The molecule has 0 radical (unpaired) electrons. The lowest BCUT2D eigenvalue weighted by Gasteiger charge is -2.22. The summed E-state index contributed by atoms with van der Waals surface area (Å²) in [5.41, 5.74) is 4.01. The molecule has 0 amide bonds. The van der Waals surface area contributed by atoms with E-state index in [4.69, 9.17) is 0 Å². The van der Waals surface area contributed by atoms with Crippen LogP contribution in [-0.4, -0.2) is 13.9 Å². The minimum absolute atomic E-state index is 0.0663. The molecule has 0 saturated carbocycles. The van der Waals surface area contributed by atoms with Crippen molar-refractivity contribution in [1.82, 2.24) is 9.71 Å². The molecule has 1 N–H and O–H groups in total. The Morgan fingerprint density at radius 3 is 2.78 bits per heavy atom. The zero-order valence-electron chi connectivity index (χ0n) is 11.1. The van der Waals surface area contributed by atoms with Crippen LogP contribution in [0.2, 0.25) is 0 Å². The second-order valence-electron chi connectivity index (χ2n) is 5.30. The summed E-state index contributed by atoms with van der Waals surface area (Å²) in [4.78, 5) is 4.26. The highest BCUT2D eigenvalue weighted by Crippen LogP contribution is 2.23. The van der Waals surface area contributed by atoms with Gasteiger partial charge in [-0.3, -0.25) is 0 Å². The molecule has 0 saturated heterocycles. The van der Waals surface area contributed by atoms with Gasteiger partial charge in [0.05, 0.1) is 31.5 Å². The fourth-order valence-electron chi connectivity index (χ4n) is 1.55. The normalized spacial score (nSPS) is 15.8. The molecule has 1 aromatic heterocycles. The number of benzene rings is 1. The van der Waals surface area contributed by atoms with E-state index in [1.807, 2.05) is 45.3 Å². The van der Waals surface area contributed by atoms with Gasteiger partial charge >= 0.3 is 0 Å². The van der Waals surface area contributed by atoms with Crippen molar-refractivity contribution < 1.29 is 4.21 Å². The van der Waals surface area contributed by atoms with Crippen molar-refractivity contribution in [3.8, 4) is 0 Å². The predicted molar refractivity (Wildman–Crippen MR) is 79.1 cm³/mol. The number of nitrogens with zero attached hydrogens (tertiary/aromatic N) is 1. The second kappa shape index (κ2) is 5.07. The van der Waals surface area contributed by atoms with E-state index in [9.17, 15) is 4.21 Å². The van der Waals surface area contributed by atoms with Crippen molar-refractivity contribution in [3.05, 3.63) is 29.3 Å². The molecule has 2 atom stereocenters. The molecule has 2 unspecified atom stereocenters. The molecule has 0 bridgehead atoms. The van der Waals surface area contributed by atoms with Crippen molar-refractivity contribution in [3.63, 3.8) is 0 Å². The number of rotatable bonds is 3. The SMILES string of the molecule is CC(NS(=O)C(C)(C)C)c1ccc2ncsc2c1. The van der Waals surface area contributed by atoms with Gasteiger partial charge < -0.3 is 0 Å². The number of fused-ring (bicyclic) bond motifs is 1. The van der Waals surface area contributed by atoms with E-state index in [-0.39, 0.29) is 10.8 Å². The minimum Gasteiger partial charge on any atom is -0.245 e. The lowest BCUT2D eigenvalue weighted by atomic mass is 10.1. The lowest BCUT2D eigenvalue weighted by molar-refractivity contribution is 0.616. The Morgan fingerprint density at radius 2 is 2.11 bits per heavy atom. The van der Waals surface area contributed by atoms with Crippen molar-refractivity contribution in [2.75, 3.05) is 0 Å². The average molecular weight is 282 g/mol. The van der Waals surface area contributed by atoms with E-state index >= 15 is 0 Å². The third-order valence-electron chi connectivity index (χ3n) is 2.70. The number of nitrogens with one attached hydrogen (secondary N) is 1. The van der Waals surface area contributed by atoms with Crippen LogP contribution in [0.3, 0.4) is 0 Å². The molecule has 0 aliphatic heterocycles. The van der Waals surface area contributed by atoms with Crippen LogP contribution in [-0.2, 0) is 11.0 Å². The summed E-state index contributed by atoms with van der Waals surface area (Å²) in [7, 11) is -1.05. The Morgan fingerprint density at radius 1 is 1.39 bits per heavy atom. The van der Waals surface area contributed by atoms with Crippen LogP contribution in [0.5, 0.6) is 0 Å². The first-order valence-corrected chi connectivity index (χ1v) is 7.92. The summed E-state index contributed by atoms with van der Waals surface area (Å²) >= 11 is 1.63. The molecule has 0 aliphatic rings. The van der Waals surface area contributed by atoms with E-state index < -0.39 is 11.0 Å². The molecule has 2 rings (SSSR count). The van der Waals surface area contributed by atoms with Crippen LogP contribution < -0.4 is 4.72 Å². The van der Waals surface area contributed by atoms with Gasteiger partial charge in [0.2, 0.25) is 0 Å². The summed E-state index contributed by atoms with van der Waals surface area (Å²) in [6.45, 7) is 7.94. The molecule has 1 aromatic carbocycles. The first-order chi connectivity index (χ1) is 8.38. The largest absolute Gasteiger partial charge is 0.245 e. The quantitative estimate of drug-likeness (QED) is 0.937. The summed E-state index contributed by atoms with van der Waals surface area (Å²) in [6, 6.07) is 6.24. The molecular formula is C13H18N2OS2. The van der Waals surface area contributed by atoms with Gasteiger partial charge in [0, 0.05) is 6.04 Å². The zero-order valence-corrected chi connectivity index (χ0v) is 12.7. The van der Waals surface area contributed by atoms with Gasteiger partial charge in [-0.15, -0.1) is 11.3 Å². The molecular weight excluding hydrogens is 264 g/mol. The Balaban J connectivity index is 2.18. The number of aromatic nitrogens is 1. The van der Waals surface area contributed by atoms with Crippen LogP contribution in [0.1, 0.15) is 39.3 Å². The van der Waals surface area contributed by atoms with Crippen molar-refractivity contribution >= 4 is 32.5 Å².